The van der Waals surface area contributed by atoms with Crippen LogP contribution in [-0.4, -0.2) is 19.6 Å². The number of alkyl halides is 3. The first-order valence-corrected chi connectivity index (χ1v) is 6.73. The number of halogens is 3. The molecule has 23 heavy (non-hydrogen) atoms. The molecule has 0 saturated carbocycles. The van der Waals surface area contributed by atoms with Crippen LogP contribution in [0.3, 0.4) is 0 Å². The summed E-state index contributed by atoms with van der Waals surface area (Å²) >= 11 is 0. The second-order valence-electron chi connectivity index (χ2n) is 4.71. The molecule has 7 heteroatoms. The van der Waals surface area contributed by atoms with Crippen LogP contribution in [0.1, 0.15) is 5.56 Å². The number of methoxy groups -OCH3 is 1. The van der Waals surface area contributed by atoms with Gasteiger partial charge in [0.05, 0.1) is 19.2 Å². The Hall–Kier alpha value is -2.70. The molecule has 2 aromatic rings. The third kappa shape index (κ3) is 4.91. The summed E-state index contributed by atoms with van der Waals surface area (Å²) < 4.78 is 42.4. The molecule has 122 valence electrons. The van der Waals surface area contributed by atoms with E-state index in [0.717, 1.165) is 12.1 Å². The van der Waals surface area contributed by atoms with Gasteiger partial charge in [0.2, 0.25) is 5.91 Å². The van der Waals surface area contributed by atoms with Gasteiger partial charge in [-0.3, -0.25) is 4.79 Å². The van der Waals surface area contributed by atoms with E-state index in [4.69, 9.17) is 4.74 Å². The fourth-order valence-corrected chi connectivity index (χ4v) is 1.86. The van der Waals surface area contributed by atoms with Crippen molar-refractivity contribution in [2.75, 3.05) is 24.3 Å². The fraction of sp³-hybridized carbons (Fsp3) is 0.188. The zero-order valence-corrected chi connectivity index (χ0v) is 12.3. The Morgan fingerprint density at radius 3 is 2.39 bits per heavy atom. The predicted molar refractivity (Wildman–Crippen MR) is 81.6 cm³/mol. The number of benzene rings is 2. The lowest BCUT2D eigenvalue weighted by Gasteiger charge is -2.10. The van der Waals surface area contributed by atoms with Crippen molar-refractivity contribution in [3.8, 4) is 5.75 Å². The van der Waals surface area contributed by atoms with Gasteiger partial charge in [-0.2, -0.15) is 13.2 Å². The van der Waals surface area contributed by atoms with Gasteiger partial charge >= 0.3 is 6.18 Å². The maximum Gasteiger partial charge on any atom is 0.416 e. The fourth-order valence-electron chi connectivity index (χ4n) is 1.86. The van der Waals surface area contributed by atoms with E-state index in [0.29, 0.717) is 17.1 Å². The van der Waals surface area contributed by atoms with E-state index in [1.807, 2.05) is 0 Å². The molecule has 0 atom stereocenters. The lowest BCUT2D eigenvalue weighted by Crippen LogP contribution is -2.21. The molecule has 0 heterocycles. The standard InChI is InChI=1S/C16H15F3N2O2/c1-23-14-4-2-3-13(9-14)20-10-15(22)21-12-7-5-11(6-8-12)16(17,18)19/h2-9,20H,10H2,1H3,(H,21,22). The number of carbonyl (C=O) groups excluding carboxylic acids is 1. The van der Waals surface area contributed by atoms with Crippen molar-refractivity contribution in [2.24, 2.45) is 0 Å². The molecule has 0 bridgehead atoms. The topological polar surface area (TPSA) is 50.4 Å². The number of amides is 1. The number of nitrogens with one attached hydrogen (secondary N) is 2. The smallest absolute Gasteiger partial charge is 0.416 e. The molecule has 4 nitrogen and oxygen atoms in total. The second-order valence-corrected chi connectivity index (χ2v) is 4.71. The van der Waals surface area contributed by atoms with Gasteiger partial charge in [0.15, 0.2) is 0 Å². The number of ether oxygens (including phenoxy) is 1. The number of hydrogen-bond donors (Lipinski definition) is 2. The third-order valence-electron chi connectivity index (χ3n) is 3.02. The Balaban J connectivity index is 1.89. The quantitative estimate of drug-likeness (QED) is 0.880. The first-order chi connectivity index (χ1) is 10.9. The summed E-state index contributed by atoms with van der Waals surface area (Å²) in [6.45, 7) is -0.0197. The highest BCUT2D eigenvalue weighted by atomic mass is 19.4. The van der Waals surface area contributed by atoms with Gasteiger partial charge in [-0.05, 0) is 36.4 Å². The van der Waals surface area contributed by atoms with Gasteiger partial charge in [-0.1, -0.05) is 6.07 Å². The monoisotopic (exact) mass is 324 g/mol. The Bertz CT molecular complexity index is 670. The summed E-state index contributed by atoms with van der Waals surface area (Å²) in [7, 11) is 1.54. The Labute approximate surface area is 131 Å². The summed E-state index contributed by atoms with van der Waals surface area (Å²) in [4.78, 5) is 11.8. The molecular weight excluding hydrogens is 309 g/mol. The van der Waals surface area contributed by atoms with E-state index >= 15 is 0 Å². The summed E-state index contributed by atoms with van der Waals surface area (Å²) in [5, 5.41) is 5.42. The molecule has 0 aliphatic heterocycles. The lowest BCUT2D eigenvalue weighted by atomic mass is 10.2. The molecule has 0 unspecified atom stereocenters. The van der Waals surface area contributed by atoms with E-state index < -0.39 is 11.7 Å². The average molecular weight is 324 g/mol. The van der Waals surface area contributed by atoms with E-state index in [9.17, 15) is 18.0 Å². The van der Waals surface area contributed by atoms with Crippen molar-refractivity contribution >= 4 is 17.3 Å². The molecule has 0 fully saturated rings. The number of hydrogen-bond acceptors (Lipinski definition) is 3. The summed E-state index contributed by atoms with van der Waals surface area (Å²) in [5.74, 6) is 0.283. The molecule has 0 aliphatic rings. The molecule has 0 saturated heterocycles. The van der Waals surface area contributed by atoms with Crippen molar-refractivity contribution in [3.05, 3.63) is 54.1 Å². The van der Waals surface area contributed by atoms with Gasteiger partial charge in [0, 0.05) is 17.4 Å². The molecule has 2 N–H and O–H groups in total. The highest BCUT2D eigenvalue weighted by Gasteiger charge is 2.29. The lowest BCUT2D eigenvalue weighted by molar-refractivity contribution is -0.137. The van der Waals surface area contributed by atoms with Crippen molar-refractivity contribution in [1.29, 1.82) is 0 Å². The minimum absolute atomic E-state index is 0.0197. The van der Waals surface area contributed by atoms with Crippen LogP contribution >= 0.6 is 0 Å². The highest BCUT2D eigenvalue weighted by molar-refractivity contribution is 5.93. The van der Waals surface area contributed by atoms with Gasteiger partial charge in [0.1, 0.15) is 5.75 Å². The third-order valence-corrected chi connectivity index (χ3v) is 3.02. The molecule has 2 rings (SSSR count). The molecule has 0 aromatic heterocycles. The second kappa shape index (κ2) is 7.04. The largest absolute Gasteiger partial charge is 0.497 e. The molecule has 0 aliphatic carbocycles. The molecule has 0 spiro atoms. The number of anilines is 2. The summed E-state index contributed by atoms with van der Waals surface area (Å²) in [5.41, 5.74) is 0.243. The SMILES string of the molecule is COc1cccc(NCC(=O)Nc2ccc(C(F)(F)F)cc2)c1. The minimum atomic E-state index is -4.39. The van der Waals surface area contributed by atoms with E-state index in [1.165, 1.54) is 19.2 Å². The Morgan fingerprint density at radius 2 is 1.78 bits per heavy atom. The van der Waals surface area contributed by atoms with Crippen molar-refractivity contribution in [3.63, 3.8) is 0 Å². The van der Waals surface area contributed by atoms with Gasteiger partial charge < -0.3 is 15.4 Å². The van der Waals surface area contributed by atoms with Gasteiger partial charge in [-0.15, -0.1) is 0 Å². The van der Waals surface area contributed by atoms with Crippen LogP contribution in [0, 0.1) is 0 Å². The molecule has 1 amide bonds. The Morgan fingerprint density at radius 1 is 1.09 bits per heavy atom. The summed E-state index contributed by atoms with van der Waals surface area (Å²) in [6, 6.07) is 11.3. The first kappa shape index (κ1) is 16.7. The number of rotatable bonds is 5. The highest BCUT2D eigenvalue weighted by Crippen LogP contribution is 2.29. The Kier molecular flexibility index (Phi) is 5.10. The van der Waals surface area contributed by atoms with E-state index in [1.54, 1.807) is 24.3 Å². The van der Waals surface area contributed by atoms with Crippen LogP contribution < -0.4 is 15.4 Å². The van der Waals surface area contributed by atoms with E-state index in [-0.39, 0.29) is 12.5 Å². The van der Waals surface area contributed by atoms with Crippen LogP contribution in [0.2, 0.25) is 0 Å². The van der Waals surface area contributed by atoms with Crippen LogP contribution in [-0.2, 0) is 11.0 Å². The van der Waals surface area contributed by atoms with Crippen LogP contribution in [0.4, 0.5) is 24.5 Å². The van der Waals surface area contributed by atoms with Crippen molar-refractivity contribution in [2.45, 2.75) is 6.18 Å². The van der Waals surface area contributed by atoms with Crippen LogP contribution in [0.15, 0.2) is 48.5 Å². The zero-order valence-electron chi connectivity index (χ0n) is 12.3. The van der Waals surface area contributed by atoms with Crippen LogP contribution in [0.5, 0.6) is 5.75 Å². The maximum atomic E-state index is 12.4. The van der Waals surface area contributed by atoms with Gasteiger partial charge in [0.25, 0.3) is 0 Å². The predicted octanol–water partition coefficient (Wildman–Crippen LogP) is 3.76. The first-order valence-electron chi connectivity index (χ1n) is 6.73. The van der Waals surface area contributed by atoms with Crippen molar-refractivity contribution < 1.29 is 22.7 Å². The number of carbonyl (C=O) groups is 1. The molecular formula is C16H15F3N2O2. The maximum absolute atomic E-state index is 12.4. The summed E-state index contributed by atoms with van der Waals surface area (Å²) in [6.07, 6.45) is -4.39. The minimum Gasteiger partial charge on any atom is -0.497 e. The average Bonchev–Trinajstić information content (AvgIpc) is 2.53. The van der Waals surface area contributed by atoms with Gasteiger partial charge in [-0.25, -0.2) is 0 Å². The molecule has 2 aromatic carbocycles. The molecule has 0 radical (unpaired) electrons. The van der Waals surface area contributed by atoms with Crippen LogP contribution in [0.25, 0.3) is 0 Å². The normalized spacial score (nSPS) is 11.0. The van der Waals surface area contributed by atoms with E-state index in [2.05, 4.69) is 10.6 Å². The van der Waals surface area contributed by atoms with Crippen molar-refractivity contribution in [1.82, 2.24) is 0 Å². The zero-order chi connectivity index (χ0) is 16.9.